The first-order valence-corrected chi connectivity index (χ1v) is 6.92. The van der Waals surface area contributed by atoms with Crippen LogP contribution < -0.4 is 5.48 Å². The summed E-state index contributed by atoms with van der Waals surface area (Å²) in [7, 11) is 1.73. The number of nitrogens with one attached hydrogen (secondary N) is 1. The van der Waals surface area contributed by atoms with Crippen molar-refractivity contribution in [3.05, 3.63) is 52.5 Å². The van der Waals surface area contributed by atoms with Gasteiger partial charge in [-0.25, -0.2) is 10.5 Å². The van der Waals surface area contributed by atoms with Crippen LogP contribution in [0.4, 0.5) is 0 Å². The molecule has 0 bridgehead atoms. The van der Waals surface area contributed by atoms with Gasteiger partial charge in [-0.3, -0.25) is 4.79 Å². The Kier molecular flexibility index (Phi) is 3.25. The van der Waals surface area contributed by atoms with Crippen molar-refractivity contribution in [2.45, 2.75) is 20.3 Å². The molecule has 5 nitrogen and oxygen atoms in total. The van der Waals surface area contributed by atoms with Gasteiger partial charge >= 0.3 is 0 Å². The first-order chi connectivity index (χ1) is 10.1. The average molecular weight is 283 g/mol. The number of nitrogens with zero attached hydrogens (tertiary/aromatic N) is 2. The molecule has 0 spiro atoms. The Labute approximate surface area is 123 Å². The zero-order chi connectivity index (χ0) is 15.0. The standard InChI is InChI=1S/C16H17N3O2/c1-4-12-16-15(18-21-12)14(17-9-13(20)19(16)3)11-8-6-5-7-10(11)2/h5-9,18H,4H2,1-3H3. The van der Waals surface area contributed by atoms with Crippen LogP contribution in [0.1, 0.15) is 24.5 Å². The molecule has 0 aromatic heterocycles. The number of allylic oxidation sites excluding steroid dienone is 1. The number of benzene rings is 1. The van der Waals surface area contributed by atoms with Crippen molar-refractivity contribution in [3.8, 4) is 0 Å². The number of hydroxylamine groups is 1. The zero-order valence-electron chi connectivity index (χ0n) is 12.3. The lowest BCUT2D eigenvalue weighted by molar-refractivity contribution is -0.120. The summed E-state index contributed by atoms with van der Waals surface area (Å²) >= 11 is 0. The number of amides is 1. The van der Waals surface area contributed by atoms with Crippen molar-refractivity contribution in [1.29, 1.82) is 0 Å². The van der Waals surface area contributed by atoms with Gasteiger partial charge in [0.15, 0.2) is 5.76 Å². The van der Waals surface area contributed by atoms with E-state index in [0.29, 0.717) is 6.42 Å². The van der Waals surface area contributed by atoms with Gasteiger partial charge in [0, 0.05) is 19.0 Å². The maximum atomic E-state index is 12.1. The van der Waals surface area contributed by atoms with E-state index < -0.39 is 0 Å². The van der Waals surface area contributed by atoms with E-state index in [2.05, 4.69) is 10.5 Å². The minimum atomic E-state index is -0.163. The van der Waals surface area contributed by atoms with Crippen LogP contribution in [0.2, 0.25) is 0 Å². The van der Waals surface area contributed by atoms with Gasteiger partial charge in [0.1, 0.15) is 11.4 Å². The Hall–Kier alpha value is -2.56. The molecule has 0 saturated heterocycles. The minimum Gasteiger partial charge on any atom is -0.384 e. The number of carbonyl (C=O) groups excluding carboxylic acids is 1. The number of hydrogen-bond acceptors (Lipinski definition) is 4. The Balaban J connectivity index is 2.25. The molecule has 0 atom stereocenters. The molecule has 2 heterocycles. The van der Waals surface area contributed by atoms with Gasteiger partial charge in [0.2, 0.25) is 0 Å². The molecule has 2 aliphatic rings. The molecule has 0 unspecified atom stereocenters. The molecule has 1 N–H and O–H groups in total. The molecule has 5 heteroatoms. The van der Waals surface area contributed by atoms with Crippen molar-refractivity contribution >= 4 is 17.8 Å². The fourth-order valence-electron chi connectivity index (χ4n) is 2.53. The minimum absolute atomic E-state index is 0.163. The van der Waals surface area contributed by atoms with E-state index in [1.54, 1.807) is 11.9 Å². The molecular formula is C16H17N3O2. The van der Waals surface area contributed by atoms with E-state index >= 15 is 0 Å². The second-order valence-corrected chi connectivity index (χ2v) is 5.02. The van der Waals surface area contributed by atoms with Crippen LogP contribution in [-0.2, 0) is 9.63 Å². The van der Waals surface area contributed by atoms with Crippen LogP contribution in [0.25, 0.3) is 5.70 Å². The van der Waals surface area contributed by atoms with Crippen LogP contribution >= 0.6 is 0 Å². The molecule has 0 fully saturated rings. The molecule has 1 aromatic rings. The molecule has 1 amide bonds. The summed E-state index contributed by atoms with van der Waals surface area (Å²) in [4.78, 5) is 23.6. The monoisotopic (exact) mass is 283 g/mol. The lowest BCUT2D eigenvalue weighted by atomic mass is 10.0. The Morgan fingerprint density at radius 2 is 2.10 bits per heavy atom. The summed E-state index contributed by atoms with van der Waals surface area (Å²) in [6.45, 7) is 4.01. The summed E-state index contributed by atoms with van der Waals surface area (Å²) in [6, 6.07) is 7.96. The summed E-state index contributed by atoms with van der Waals surface area (Å²) in [5, 5.41) is 0. The topological polar surface area (TPSA) is 53.9 Å². The highest BCUT2D eigenvalue weighted by Gasteiger charge is 2.32. The Morgan fingerprint density at radius 1 is 1.33 bits per heavy atom. The molecule has 0 aliphatic carbocycles. The number of aryl methyl sites for hydroxylation is 1. The van der Waals surface area contributed by atoms with Crippen LogP contribution in [-0.4, -0.2) is 24.1 Å². The predicted molar refractivity (Wildman–Crippen MR) is 80.9 cm³/mol. The lowest BCUT2D eigenvalue weighted by Gasteiger charge is -2.15. The number of fused-ring (bicyclic) bond motifs is 1. The number of aliphatic imine (C=N–C) groups is 1. The molecule has 1 aromatic carbocycles. The van der Waals surface area contributed by atoms with Gasteiger partial charge in [0.05, 0.1) is 11.9 Å². The summed E-state index contributed by atoms with van der Waals surface area (Å²) in [6.07, 6.45) is 2.06. The van der Waals surface area contributed by atoms with E-state index in [1.807, 2.05) is 38.1 Å². The number of hydrogen-bond donors (Lipinski definition) is 1. The van der Waals surface area contributed by atoms with Crippen molar-refractivity contribution in [3.63, 3.8) is 0 Å². The molecule has 3 rings (SSSR count). The predicted octanol–water partition coefficient (Wildman–Crippen LogP) is 2.36. The summed E-state index contributed by atoms with van der Waals surface area (Å²) in [5.74, 6) is 0.585. The quantitative estimate of drug-likeness (QED) is 0.906. The highest BCUT2D eigenvalue weighted by Crippen LogP contribution is 2.34. The summed E-state index contributed by atoms with van der Waals surface area (Å²) < 4.78 is 0. The van der Waals surface area contributed by atoms with E-state index in [0.717, 1.165) is 34.0 Å². The van der Waals surface area contributed by atoms with Crippen LogP contribution in [0, 0.1) is 6.92 Å². The zero-order valence-corrected chi connectivity index (χ0v) is 12.3. The lowest BCUT2D eigenvalue weighted by Crippen LogP contribution is -2.27. The smallest absolute Gasteiger partial charge is 0.269 e. The molecule has 2 aliphatic heterocycles. The van der Waals surface area contributed by atoms with Crippen molar-refractivity contribution in [2.75, 3.05) is 7.05 Å². The van der Waals surface area contributed by atoms with Crippen LogP contribution in [0.3, 0.4) is 0 Å². The number of rotatable bonds is 2. The van der Waals surface area contributed by atoms with Crippen LogP contribution in [0.15, 0.2) is 46.4 Å². The average Bonchev–Trinajstić information content (AvgIpc) is 2.87. The fourth-order valence-corrected chi connectivity index (χ4v) is 2.53. The second kappa shape index (κ2) is 5.09. The third kappa shape index (κ3) is 2.11. The van der Waals surface area contributed by atoms with E-state index in [1.165, 1.54) is 6.21 Å². The number of carbonyl (C=O) groups is 1. The van der Waals surface area contributed by atoms with Crippen molar-refractivity contribution in [2.24, 2.45) is 4.99 Å². The molecule has 21 heavy (non-hydrogen) atoms. The number of likely N-dealkylation sites (N-methyl/N-ethyl adjacent to an activating group) is 1. The maximum Gasteiger partial charge on any atom is 0.269 e. The third-order valence-corrected chi connectivity index (χ3v) is 3.71. The summed E-state index contributed by atoms with van der Waals surface area (Å²) in [5.41, 5.74) is 7.24. The molecule has 0 radical (unpaired) electrons. The van der Waals surface area contributed by atoms with Gasteiger partial charge in [-0.1, -0.05) is 31.2 Å². The second-order valence-electron chi connectivity index (χ2n) is 5.02. The largest absolute Gasteiger partial charge is 0.384 e. The van der Waals surface area contributed by atoms with Crippen molar-refractivity contribution in [1.82, 2.24) is 10.4 Å². The Bertz CT molecular complexity index is 701. The Morgan fingerprint density at radius 3 is 2.81 bits per heavy atom. The highest BCUT2D eigenvalue weighted by molar-refractivity contribution is 6.28. The van der Waals surface area contributed by atoms with Gasteiger partial charge < -0.3 is 9.74 Å². The molecule has 108 valence electrons. The fraction of sp³-hybridized carbons (Fsp3) is 0.250. The van der Waals surface area contributed by atoms with Gasteiger partial charge in [-0.15, -0.1) is 0 Å². The highest BCUT2D eigenvalue weighted by atomic mass is 16.7. The van der Waals surface area contributed by atoms with E-state index in [4.69, 9.17) is 4.84 Å². The SMILES string of the molecule is CCC1=C2C(=C(c3ccccc3C)N=CC(=O)N2C)NO1. The third-order valence-electron chi connectivity index (χ3n) is 3.71. The first-order valence-electron chi connectivity index (χ1n) is 6.92. The van der Waals surface area contributed by atoms with Gasteiger partial charge in [-0.2, -0.15) is 0 Å². The van der Waals surface area contributed by atoms with Gasteiger partial charge in [-0.05, 0) is 12.5 Å². The van der Waals surface area contributed by atoms with E-state index in [-0.39, 0.29) is 5.91 Å². The van der Waals surface area contributed by atoms with Crippen molar-refractivity contribution < 1.29 is 9.63 Å². The first kappa shape index (κ1) is 13.4. The maximum absolute atomic E-state index is 12.1. The molecule has 0 saturated carbocycles. The molecular weight excluding hydrogens is 266 g/mol. The normalized spacial score (nSPS) is 17.7. The van der Waals surface area contributed by atoms with E-state index in [9.17, 15) is 4.79 Å². The van der Waals surface area contributed by atoms with Gasteiger partial charge in [0.25, 0.3) is 5.91 Å². The van der Waals surface area contributed by atoms with Crippen LogP contribution in [0.5, 0.6) is 0 Å².